The number of benzene rings is 1. The zero-order chi connectivity index (χ0) is 12.4. The highest BCUT2D eigenvalue weighted by Crippen LogP contribution is 2.35. The minimum atomic E-state index is -0.233. The van der Waals surface area contributed by atoms with E-state index in [-0.39, 0.29) is 11.9 Å². The molecule has 0 spiro atoms. The summed E-state index contributed by atoms with van der Waals surface area (Å²) in [4.78, 5) is 0.989. The molecule has 17 heavy (non-hydrogen) atoms. The lowest BCUT2D eigenvalue weighted by Gasteiger charge is -2.17. The highest BCUT2D eigenvalue weighted by atomic mass is 79.9. The van der Waals surface area contributed by atoms with Crippen molar-refractivity contribution in [2.24, 2.45) is 0 Å². The summed E-state index contributed by atoms with van der Waals surface area (Å²) in [5, 5.41) is 3.11. The average Bonchev–Trinajstić information content (AvgIpc) is 2.70. The van der Waals surface area contributed by atoms with E-state index in [1.165, 1.54) is 17.4 Å². The van der Waals surface area contributed by atoms with Crippen LogP contribution in [0.15, 0.2) is 34.8 Å². The molecule has 1 nitrogen and oxygen atoms in total. The summed E-state index contributed by atoms with van der Waals surface area (Å²) in [5.74, 6) is -0.233. The number of thiophene rings is 1. The van der Waals surface area contributed by atoms with Gasteiger partial charge in [-0.25, -0.2) is 4.39 Å². The molecule has 0 saturated heterocycles. The van der Waals surface area contributed by atoms with Gasteiger partial charge in [-0.1, -0.05) is 33.6 Å². The lowest BCUT2D eigenvalue weighted by molar-refractivity contribution is 0.577. The first-order chi connectivity index (χ1) is 8.13. The van der Waals surface area contributed by atoms with Gasteiger partial charge in [0.25, 0.3) is 0 Å². The van der Waals surface area contributed by atoms with Crippen molar-refractivity contribution >= 4 is 38.9 Å². The van der Waals surface area contributed by atoms with E-state index in [1.54, 1.807) is 13.1 Å². The molecule has 0 saturated carbocycles. The molecular formula is C12H10BrClFNS. The predicted molar refractivity (Wildman–Crippen MR) is 74.3 cm³/mol. The second-order valence-electron chi connectivity index (χ2n) is 3.50. The van der Waals surface area contributed by atoms with Crippen molar-refractivity contribution in [3.63, 3.8) is 0 Å². The molecule has 2 aromatic rings. The van der Waals surface area contributed by atoms with E-state index < -0.39 is 0 Å². The third-order valence-electron chi connectivity index (χ3n) is 2.46. The lowest BCUT2D eigenvalue weighted by atomic mass is 10.1. The van der Waals surface area contributed by atoms with Crippen molar-refractivity contribution < 1.29 is 4.39 Å². The fraction of sp³-hybridized carbons (Fsp3) is 0.167. The largest absolute Gasteiger partial charge is 0.309 e. The smallest absolute Gasteiger partial charge is 0.129 e. The zero-order valence-electron chi connectivity index (χ0n) is 9.01. The maximum atomic E-state index is 13.9. The fourth-order valence-corrected chi connectivity index (χ4v) is 3.45. The topological polar surface area (TPSA) is 12.0 Å². The van der Waals surface area contributed by atoms with E-state index in [9.17, 15) is 4.39 Å². The van der Waals surface area contributed by atoms with Crippen LogP contribution in [-0.4, -0.2) is 7.05 Å². The van der Waals surface area contributed by atoms with E-state index >= 15 is 0 Å². The van der Waals surface area contributed by atoms with Crippen LogP contribution in [0.2, 0.25) is 4.34 Å². The Bertz CT molecular complexity index is 509. The Labute approximate surface area is 117 Å². The number of nitrogens with one attached hydrogen (secondary N) is 1. The van der Waals surface area contributed by atoms with Gasteiger partial charge in [0, 0.05) is 14.9 Å². The summed E-state index contributed by atoms with van der Waals surface area (Å²) in [7, 11) is 1.80. The van der Waals surface area contributed by atoms with Crippen LogP contribution in [-0.2, 0) is 0 Å². The molecule has 0 aliphatic carbocycles. The molecule has 0 aliphatic rings. The zero-order valence-corrected chi connectivity index (χ0v) is 12.2. The summed E-state index contributed by atoms with van der Waals surface area (Å²) < 4.78 is 15.3. The molecule has 1 aromatic heterocycles. The van der Waals surface area contributed by atoms with Crippen LogP contribution < -0.4 is 5.32 Å². The van der Waals surface area contributed by atoms with Crippen LogP contribution in [0, 0.1) is 5.82 Å². The molecule has 0 aliphatic heterocycles. The van der Waals surface area contributed by atoms with Gasteiger partial charge < -0.3 is 5.32 Å². The normalized spacial score (nSPS) is 12.7. The van der Waals surface area contributed by atoms with E-state index in [4.69, 9.17) is 11.6 Å². The number of hydrogen-bond donors (Lipinski definition) is 1. The molecule has 1 atom stereocenters. The first kappa shape index (κ1) is 13.0. The Hall–Kier alpha value is -0.420. The van der Waals surface area contributed by atoms with Crippen molar-refractivity contribution in [2.75, 3.05) is 7.05 Å². The summed E-state index contributed by atoms with van der Waals surface area (Å²) in [5.41, 5.74) is 0.605. The first-order valence-corrected chi connectivity index (χ1v) is 6.98. The van der Waals surface area contributed by atoms with Gasteiger partial charge in [-0.15, -0.1) is 11.3 Å². The molecule has 5 heteroatoms. The molecule has 1 N–H and O–H groups in total. The van der Waals surface area contributed by atoms with E-state index in [0.29, 0.717) is 9.90 Å². The Morgan fingerprint density at radius 1 is 1.35 bits per heavy atom. The summed E-state index contributed by atoms with van der Waals surface area (Å²) in [6, 6.07) is 8.51. The van der Waals surface area contributed by atoms with Gasteiger partial charge in [-0.3, -0.25) is 0 Å². The van der Waals surface area contributed by atoms with Crippen molar-refractivity contribution in [3.05, 3.63) is 55.4 Å². The lowest BCUT2D eigenvalue weighted by Crippen LogP contribution is -2.18. The third-order valence-corrected chi connectivity index (χ3v) is 4.44. The molecule has 0 radical (unpaired) electrons. The Balaban J connectivity index is 2.49. The molecule has 2 rings (SSSR count). The number of hydrogen-bond acceptors (Lipinski definition) is 2. The maximum absolute atomic E-state index is 13.9. The van der Waals surface area contributed by atoms with Gasteiger partial charge in [0.1, 0.15) is 5.82 Å². The first-order valence-electron chi connectivity index (χ1n) is 5.00. The van der Waals surface area contributed by atoms with Gasteiger partial charge in [-0.2, -0.15) is 0 Å². The second kappa shape index (κ2) is 5.48. The average molecular weight is 335 g/mol. The highest BCUT2D eigenvalue weighted by molar-refractivity contribution is 9.10. The van der Waals surface area contributed by atoms with Crippen LogP contribution in [0.25, 0.3) is 0 Å². The van der Waals surface area contributed by atoms with Crippen LogP contribution in [0.4, 0.5) is 4.39 Å². The van der Waals surface area contributed by atoms with Crippen LogP contribution in [0.5, 0.6) is 0 Å². The standard InChI is InChI=1S/C12H10BrClFNS/c1-16-12(9-5-6-10(14)17-9)11-7(13)3-2-4-8(11)15/h2-6,12,16H,1H3. The predicted octanol–water partition coefficient (Wildman–Crippen LogP) is 4.61. The number of rotatable bonds is 3. The Kier molecular flexibility index (Phi) is 4.20. The fourth-order valence-electron chi connectivity index (χ4n) is 1.70. The van der Waals surface area contributed by atoms with Gasteiger partial charge >= 0.3 is 0 Å². The van der Waals surface area contributed by atoms with E-state index in [1.807, 2.05) is 18.2 Å². The summed E-state index contributed by atoms with van der Waals surface area (Å²) in [6.45, 7) is 0. The molecule has 0 bridgehead atoms. The van der Waals surface area contributed by atoms with Crippen molar-refractivity contribution in [2.45, 2.75) is 6.04 Å². The number of halogens is 3. The molecule has 1 aromatic carbocycles. The Morgan fingerprint density at radius 3 is 2.65 bits per heavy atom. The molecule has 0 amide bonds. The van der Waals surface area contributed by atoms with Crippen molar-refractivity contribution in [1.82, 2.24) is 5.32 Å². The third kappa shape index (κ3) is 2.71. The van der Waals surface area contributed by atoms with Crippen LogP contribution >= 0.6 is 38.9 Å². The SMILES string of the molecule is CNC(c1ccc(Cl)s1)c1c(F)cccc1Br. The molecule has 0 fully saturated rings. The van der Waals surface area contributed by atoms with Gasteiger partial charge in [0.2, 0.25) is 0 Å². The quantitative estimate of drug-likeness (QED) is 0.864. The monoisotopic (exact) mass is 333 g/mol. The molecule has 1 unspecified atom stereocenters. The van der Waals surface area contributed by atoms with Gasteiger partial charge in [-0.05, 0) is 31.3 Å². The van der Waals surface area contributed by atoms with Crippen LogP contribution in [0.1, 0.15) is 16.5 Å². The minimum absolute atomic E-state index is 0.192. The second-order valence-corrected chi connectivity index (χ2v) is 6.10. The van der Waals surface area contributed by atoms with E-state index in [2.05, 4.69) is 21.2 Å². The molecule has 90 valence electrons. The highest BCUT2D eigenvalue weighted by Gasteiger charge is 2.20. The van der Waals surface area contributed by atoms with Crippen LogP contribution in [0.3, 0.4) is 0 Å². The van der Waals surface area contributed by atoms with Gasteiger partial charge in [0.15, 0.2) is 0 Å². The summed E-state index contributed by atoms with van der Waals surface area (Å²) >= 11 is 10.7. The maximum Gasteiger partial charge on any atom is 0.129 e. The summed E-state index contributed by atoms with van der Waals surface area (Å²) in [6.07, 6.45) is 0. The minimum Gasteiger partial charge on any atom is -0.309 e. The Morgan fingerprint density at radius 2 is 2.12 bits per heavy atom. The molecular weight excluding hydrogens is 325 g/mol. The molecule has 1 heterocycles. The van der Waals surface area contributed by atoms with Crippen molar-refractivity contribution in [3.8, 4) is 0 Å². The van der Waals surface area contributed by atoms with Gasteiger partial charge in [0.05, 0.1) is 10.4 Å². The van der Waals surface area contributed by atoms with E-state index in [0.717, 1.165) is 9.35 Å². The van der Waals surface area contributed by atoms with Crippen molar-refractivity contribution in [1.29, 1.82) is 0 Å².